The van der Waals surface area contributed by atoms with Crippen molar-refractivity contribution < 1.29 is 9.59 Å². The quantitative estimate of drug-likeness (QED) is 0.920. The summed E-state index contributed by atoms with van der Waals surface area (Å²) in [6.45, 7) is 5.32. The number of aryl methyl sites for hydroxylation is 2. The van der Waals surface area contributed by atoms with Crippen LogP contribution in [0.15, 0.2) is 6.07 Å². The van der Waals surface area contributed by atoms with Gasteiger partial charge in [-0.15, -0.1) is 11.3 Å². The van der Waals surface area contributed by atoms with Crippen LogP contribution in [0.4, 0.5) is 0 Å². The predicted octanol–water partition coefficient (Wildman–Crippen LogP) is 1.96. The molecule has 2 N–H and O–H groups in total. The molecule has 1 aliphatic heterocycles. The Morgan fingerprint density at radius 1 is 1.53 bits per heavy atom. The van der Waals surface area contributed by atoms with Crippen molar-refractivity contribution in [2.45, 2.75) is 33.1 Å². The molecule has 5 heteroatoms. The third-order valence-electron chi connectivity index (χ3n) is 3.72. The van der Waals surface area contributed by atoms with E-state index in [2.05, 4.69) is 6.92 Å². The van der Waals surface area contributed by atoms with Crippen LogP contribution >= 0.6 is 11.3 Å². The summed E-state index contributed by atoms with van der Waals surface area (Å²) in [6.07, 6.45) is 2.59. The molecule has 0 unspecified atom stereocenters. The van der Waals surface area contributed by atoms with Crippen molar-refractivity contribution in [3.8, 4) is 0 Å². The maximum Gasteiger partial charge on any atom is 0.263 e. The van der Waals surface area contributed by atoms with E-state index in [1.807, 2.05) is 13.0 Å². The second-order valence-electron chi connectivity index (χ2n) is 5.04. The molecule has 1 aliphatic rings. The van der Waals surface area contributed by atoms with Crippen LogP contribution in [0.2, 0.25) is 0 Å². The van der Waals surface area contributed by atoms with Crippen LogP contribution < -0.4 is 5.73 Å². The van der Waals surface area contributed by atoms with Gasteiger partial charge in [-0.05, 0) is 37.8 Å². The van der Waals surface area contributed by atoms with Crippen LogP contribution in [-0.4, -0.2) is 29.8 Å². The van der Waals surface area contributed by atoms with Gasteiger partial charge in [-0.25, -0.2) is 0 Å². The number of rotatable bonds is 3. The molecule has 2 amide bonds. The highest BCUT2D eigenvalue weighted by atomic mass is 32.1. The first-order valence-electron chi connectivity index (χ1n) is 6.70. The lowest BCUT2D eigenvalue weighted by molar-refractivity contribution is -0.123. The second-order valence-corrected chi connectivity index (χ2v) is 6.29. The molecule has 4 nitrogen and oxygen atoms in total. The Kier molecular flexibility index (Phi) is 4.24. The number of carbonyl (C=O) groups is 2. The van der Waals surface area contributed by atoms with Gasteiger partial charge in [0.25, 0.3) is 5.91 Å². The monoisotopic (exact) mass is 280 g/mol. The van der Waals surface area contributed by atoms with Crippen LogP contribution in [0, 0.1) is 12.8 Å². The Labute approximate surface area is 117 Å². The molecule has 104 valence electrons. The molecule has 0 aliphatic carbocycles. The van der Waals surface area contributed by atoms with E-state index in [4.69, 9.17) is 5.73 Å². The average molecular weight is 280 g/mol. The molecule has 1 aromatic heterocycles. The smallest absolute Gasteiger partial charge is 0.263 e. The number of carbonyl (C=O) groups excluding carboxylic acids is 2. The van der Waals surface area contributed by atoms with E-state index < -0.39 is 0 Å². The number of hydrogen-bond acceptors (Lipinski definition) is 3. The first-order valence-corrected chi connectivity index (χ1v) is 7.52. The van der Waals surface area contributed by atoms with Crippen molar-refractivity contribution in [1.82, 2.24) is 4.90 Å². The number of primary amides is 1. The molecule has 2 heterocycles. The summed E-state index contributed by atoms with van der Waals surface area (Å²) < 4.78 is 0. The van der Waals surface area contributed by atoms with Gasteiger partial charge in [-0.1, -0.05) is 6.92 Å². The number of likely N-dealkylation sites (tertiary alicyclic amines) is 1. The van der Waals surface area contributed by atoms with Gasteiger partial charge in [0.15, 0.2) is 0 Å². The highest BCUT2D eigenvalue weighted by Crippen LogP contribution is 2.25. The normalized spacial score (nSPS) is 19.5. The minimum absolute atomic E-state index is 0.0405. The van der Waals surface area contributed by atoms with Gasteiger partial charge in [0.05, 0.1) is 10.8 Å². The van der Waals surface area contributed by atoms with E-state index in [1.165, 1.54) is 10.4 Å². The number of amides is 2. The van der Waals surface area contributed by atoms with Crippen LogP contribution in [0.1, 0.15) is 39.9 Å². The van der Waals surface area contributed by atoms with Gasteiger partial charge < -0.3 is 10.6 Å². The lowest BCUT2D eigenvalue weighted by Gasteiger charge is -2.30. The third-order valence-corrected chi connectivity index (χ3v) is 4.80. The summed E-state index contributed by atoms with van der Waals surface area (Å²) in [5.74, 6) is -0.447. The average Bonchev–Trinajstić information content (AvgIpc) is 2.79. The first-order chi connectivity index (χ1) is 9.02. The zero-order valence-electron chi connectivity index (χ0n) is 11.4. The highest BCUT2D eigenvalue weighted by molar-refractivity contribution is 7.14. The summed E-state index contributed by atoms with van der Waals surface area (Å²) in [5.41, 5.74) is 6.58. The van der Waals surface area contributed by atoms with Crippen molar-refractivity contribution in [2.75, 3.05) is 13.1 Å². The van der Waals surface area contributed by atoms with Crippen molar-refractivity contribution in [3.05, 3.63) is 21.4 Å². The van der Waals surface area contributed by atoms with Crippen molar-refractivity contribution >= 4 is 23.2 Å². The predicted molar refractivity (Wildman–Crippen MR) is 76.3 cm³/mol. The van der Waals surface area contributed by atoms with E-state index in [9.17, 15) is 9.59 Å². The van der Waals surface area contributed by atoms with Crippen LogP contribution in [0.3, 0.4) is 0 Å². The Hall–Kier alpha value is -1.36. The van der Waals surface area contributed by atoms with Gasteiger partial charge in [0.2, 0.25) is 5.91 Å². The van der Waals surface area contributed by atoms with Crippen LogP contribution in [0.25, 0.3) is 0 Å². The Morgan fingerprint density at radius 3 is 2.84 bits per heavy atom. The molecule has 1 atom stereocenters. The Balaban J connectivity index is 2.12. The van der Waals surface area contributed by atoms with Gasteiger partial charge in [0.1, 0.15) is 0 Å². The van der Waals surface area contributed by atoms with E-state index in [-0.39, 0.29) is 17.7 Å². The van der Waals surface area contributed by atoms with E-state index in [0.717, 1.165) is 30.7 Å². The minimum Gasteiger partial charge on any atom is -0.369 e. The topological polar surface area (TPSA) is 63.4 Å². The molecule has 0 aromatic carbocycles. The number of nitrogens with zero attached hydrogens (tertiary/aromatic N) is 1. The summed E-state index contributed by atoms with van der Waals surface area (Å²) in [5, 5.41) is 0. The largest absolute Gasteiger partial charge is 0.369 e. The van der Waals surface area contributed by atoms with Crippen molar-refractivity contribution in [1.29, 1.82) is 0 Å². The van der Waals surface area contributed by atoms with Gasteiger partial charge in [-0.3, -0.25) is 9.59 Å². The maximum atomic E-state index is 12.4. The highest BCUT2D eigenvalue weighted by Gasteiger charge is 2.28. The van der Waals surface area contributed by atoms with Crippen molar-refractivity contribution in [2.24, 2.45) is 11.7 Å². The SMILES string of the molecule is CCc1cc(C(=O)N2CCC[C@H](C(N)=O)C2)sc1C. The summed E-state index contributed by atoms with van der Waals surface area (Å²) >= 11 is 1.54. The van der Waals surface area contributed by atoms with Gasteiger partial charge in [-0.2, -0.15) is 0 Å². The molecule has 1 fully saturated rings. The third kappa shape index (κ3) is 2.97. The summed E-state index contributed by atoms with van der Waals surface area (Å²) in [6, 6.07) is 1.98. The number of thiophene rings is 1. The fraction of sp³-hybridized carbons (Fsp3) is 0.571. The second kappa shape index (κ2) is 5.74. The van der Waals surface area contributed by atoms with E-state index in [1.54, 1.807) is 16.2 Å². The molecule has 0 radical (unpaired) electrons. The molecule has 1 saturated heterocycles. The molecule has 19 heavy (non-hydrogen) atoms. The fourth-order valence-corrected chi connectivity index (χ4v) is 3.61. The number of nitrogens with two attached hydrogens (primary N) is 1. The molecule has 1 aromatic rings. The van der Waals surface area contributed by atoms with Crippen LogP contribution in [-0.2, 0) is 11.2 Å². The van der Waals surface area contributed by atoms with Crippen molar-refractivity contribution in [3.63, 3.8) is 0 Å². The fourth-order valence-electron chi connectivity index (χ4n) is 2.53. The van der Waals surface area contributed by atoms with Gasteiger partial charge in [0, 0.05) is 18.0 Å². The van der Waals surface area contributed by atoms with E-state index >= 15 is 0 Å². The lowest BCUT2D eigenvalue weighted by Crippen LogP contribution is -2.43. The molecule has 2 rings (SSSR count). The number of piperidine rings is 1. The lowest BCUT2D eigenvalue weighted by atomic mass is 9.97. The summed E-state index contributed by atoms with van der Waals surface area (Å²) in [7, 11) is 0. The van der Waals surface area contributed by atoms with E-state index in [0.29, 0.717) is 6.54 Å². The Morgan fingerprint density at radius 2 is 2.26 bits per heavy atom. The first kappa shape index (κ1) is 14.1. The molecule has 0 bridgehead atoms. The molecule has 0 spiro atoms. The molecular formula is C14H20N2O2S. The van der Waals surface area contributed by atoms with Crippen LogP contribution in [0.5, 0.6) is 0 Å². The Bertz CT molecular complexity index is 496. The van der Waals surface area contributed by atoms with Gasteiger partial charge >= 0.3 is 0 Å². The zero-order chi connectivity index (χ0) is 14.0. The standard InChI is InChI=1S/C14H20N2O2S/c1-3-10-7-12(19-9(10)2)14(18)16-6-4-5-11(8-16)13(15)17/h7,11H,3-6,8H2,1-2H3,(H2,15,17)/t11-/m0/s1. The maximum absolute atomic E-state index is 12.4. The zero-order valence-corrected chi connectivity index (χ0v) is 12.3. The molecule has 0 saturated carbocycles. The summed E-state index contributed by atoms with van der Waals surface area (Å²) in [4.78, 5) is 27.4. The molecular weight excluding hydrogens is 260 g/mol. The minimum atomic E-state index is -0.297. The number of hydrogen-bond donors (Lipinski definition) is 1.